The Hall–Kier alpha value is -1.32. The third-order valence-electron chi connectivity index (χ3n) is 4.00. The predicted molar refractivity (Wildman–Crippen MR) is 98.9 cm³/mol. The quantitative estimate of drug-likeness (QED) is 0.282. The minimum Gasteiger partial charge on any atom is -0.382 e. The van der Waals surface area contributed by atoms with Crippen molar-refractivity contribution in [2.24, 2.45) is 0 Å². The van der Waals surface area contributed by atoms with Crippen molar-refractivity contribution in [2.45, 2.75) is 24.9 Å². The summed E-state index contributed by atoms with van der Waals surface area (Å²) in [5, 5.41) is 0. The normalized spacial score (nSPS) is 26.0. The predicted octanol–water partition coefficient (Wildman–Crippen LogP) is 0.0543. The average Bonchev–Trinajstić information content (AvgIpc) is 3.21. The lowest BCUT2D eigenvalue weighted by atomic mass is 10.2. The third-order valence-corrected chi connectivity index (χ3v) is 7.80. The summed E-state index contributed by atoms with van der Waals surface area (Å²) >= 11 is 0. The van der Waals surface area contributed by atoms with Gasteiger partial charge in [0, 0.05) is 13.5 Å². The first-order valence-corrected chi connectivity index (χ1v) is 12.7. The van der Waals surface area contributed by atoms with Crippen LogP contribution in [0.25, 0.3) is 11.2 Å². The second-order valence-corrected chi connectivity index (χ2v) is 10.5. The summed E-state index contributed by atoms with van der Waals surface area (Å²) in [6.07, 6.45) is 0.628. The number of fused-ring (bicyclic) bond motifs is 1. The van der Waals surface area contributed by atoms with E-state index in [2.05, 4.69) is 28.1 Å². The Morgan fingerprint density at radius 1 is 1.16 bits per heavy atom. The number of ether oxygens (including phenoxy) is 2. The monoisotopic (exact) mass is 505 g/mol. The van der Waals surface area contributed by atoms with Crippen LogP contribution in [0.5, 0.6) is 0 Å². The lowest BCUT2D eigenvalue weighted by Crippen LogP contribution is -2.27. The van der Waals surface area contributed by atoms with Crippen LogP contribution in [-0.4, -0.2) is 65.0 Å². The van der Waals surface area contributed by atoms with Crippen LogP contribution in [0, 0.1) is 0 Å². The number of rotatable bonds is 9. The highest BCUT2D eigenvalue weighted by molar-refractivity contribution is 7.66. The Balaban J connectivity index is 1.67. The second-order valence-electron chi connectivity index (χ2n) is 6.11. The molecule has 1 aliphatic heterocycles. The summed E-state index contributed by atoms with van der Waals surface area (Å²) in [7, 11) is -15.0. The van der Waals surface area contributed by atoms with Crippen molar-refractivity contribution in [3.8, 4) is 0 Å². The number of hydrogen-bond donors (Lipinski definition) is 5. The number of nitrogens with two attached hydrogens (primary N) is 1. The van der Waals surface area contributed by atoms with Crippen LogP contribution in [0.3, 0.4) is 0 Å². The molecule has 5 atom stereocenters. The molecule has 3 heterocycles. The highest BCUT2D eigenvalue weighted by Gasteiger charge is 2.43. The van der Waals surface area contributed by atoms with Crippen molar-refractivity contribution >= 4 is 40.4 Å². The summed E-state index contributed by atoms with van der Waals surface area (Å²) in [5.41, 5.74) is 6.47. The van der Waals surface area contributed by atoms with E-state index in [-0.39, 0.29) is 12.2 Å². The zero-order valence-corrected chi connectivity index (χ0v) is 18.2. The van der Waals surface area contributed by atoms with E-state index in [9.17, 15) is 23.5 Å². The molecular weight excluding hydrogens is 487 g/mol. The molecule has 6 N–H and O–H groups in total. The van der Waals surface area contributed by atoms with Crippen LogP contribution in [-0.2, 0) is 36.3 Å². The van der Waals surface area contributed by atoms with Crippen molar-refractivity contribution in [1.82, 2.24) is 19.5 Å². The van der Waals surface area contributed by atoms with Gasteiger partial charge >= 0.3 is 23.5 Å². The van der Waals surface area contributed by atoms with Crippen LogP contribution in [0.1, 0.15) is 12.6 Å². The van der Waals surface area contributed by atoms with E-state index in [4.69, 9.17) is 25.0 Å². The fourth-order valence-electron chi connectivity index (χ4n) is 2.82. The van der Waals surface area contributed by atoms with E-state index in [0.29, 0.717) is 11.2 Å². The van der Waals surface area contributed by atoms with Gasteiger partial charge in [-0.05, 0) is 0 Å². The van der Waals surface area contributed by atoms with Gasteiger partial charge in [0.1, 0.15) is 24.2 Å². The Morgan fingerprint density at radius 3 is 2.52 bits per heavy atom. The molecule has 0 radical (unpaired) electrons. The molecule has 0 bridgehead atoms. The number of imidazole rings is 1. The molecular formula is C11H18N5O12P3. The lowest BCUT2D eigenvalue weighted by Gasteiger charge is -2.20. The van der Waals surface area contributed by atoms with E-state index >= 15 is 0 Å². The lowest BCUT2D eigenvalue weighted by molar-refractivity contribution is -0.0502. The van der Waals surface area contributed by atoms with Crippen LogP contribution in [0.15, 0.2) is 12.7 Å². The Bertz CT molecular complexity index is 1090. The van der Waals surface area contributed by atoms with Crippen LogP contribution in [0.2, 0.25) is 0 Å². The summed E-state index contributed by atoms with van der Waals surface area (Å²) in [5.74, 6) is 0.161. The van der Waals surface area contributed by atoms with Gasteiger partial charge in [-0.25, -0.2) is 28.6 Å². The molecule has 1 aliphatic rings. The van der Waals surface area contributed by atoms with E-state index in [0.717, 1.165) is 0 Å². The molecule has 0 amide bonds. The van der Waals surface area contributed by atoms with Crippen molar-refractivity contribution < 1.29 is 55.9 Å². The summed E-state index contributed by atoms with van der Waals surface area (Å²) < 4.78 is 58.5. The fourth-order valence-corrected chi connectivity index (χ4v) is 5.85. The molecule has 174 valence electrons. The molecule has 0 spiro atoms. The number of hydrogen-bond acceptors (Lipinski definition) is 12. The minimum absolute atomic E-state index is 0.161. The minimum atomic E-state index is -5.61. The zero-order valence-electron chi connectivity index (χ0n) is 15.6. The van der Waals surface area contributed by atoms with Crippen molar-refractivity contribution in [3.63, 3.8) is 0 Å². The number of methoxy groups -OCH3 is 1. The van der Waals surface area contributed by atoms with E-state index in [1.807, 2.05) is 0 Å². The largest absolute Gasteiger partial charge is 0.490 e. The molecule has 0 aliphatic carbocycles. The number of phosphoric ester groups is 1. The standard InChI is InChI=1S/C11H18N5O12P3/c1-24-6-2-8(16-5-15-9-10(12)13-4-14-11(9)16)26-7(6)3-25-30(20,21)28-31(22,23)27-29(17,18)19/h4-8H,2-3H2,1H3,(H,20,21)(H,22,23)(H2,12,13,14)(H2,17,18,19). The van der Waals surface area contributed by atoms with Crippen molar-refractivity contribution in [2.75, 3.05) is 19.5 Å². The van der Waals surface area contributed by atoms with Crippen LogP contribution >= 0.6 is 23.5 Å². The fraction of sp³-hybridized carbons (Fsp3) is 0.545. The zero-order chi connectivity index (χ0) is 23.0. The molecule has 31 heavy (non-hydrogen) atoms. The van der Waals surface area contributed by atoms with Crippen LogP contribution in [0.4, 0.5) is 5.82 Å². The molecule has 3 rings (SSSR count). The number of nitrogens with zero attached hydrogens (tertiary/aromatic N) is 4. The number of phosphoric acid groups is 3. The van der Waals surface area contributed by atoms with Gasteiger partial charge in [-0.3, -0.25) is 9.09 Å². The molecule has 20 heteroatoms. The average molecular weight is 505 g/mol. The van der Waals surface area contributed by atoms with Crippen LogP contribution < -0.4 is 5.73 Å². The van der Waals surface area contributed by atoms with Gasteiger partial charge in [-0.1, -0.05) is 0 Å². The Labute approximate surface area is 173 Å². The number of anilines is 1. The molecule has 1 fully saturated rings. The van der Waals surface area contributed by atoms with Gasteiger partial charge in [0.25, 0.3) is 0 Å². The first kappa shape index (κ1) is 24.3. The first-order valence-electron chi connectivity index (χ1n) is 8.20. The van der Waals surface area contributed by atoms with Crippen molar-refractivity contribution in [1.29, 1.82) is 0 Å². The SMILES string of the molecule is COC1CC(n2cnc3c(N)ncnc32)OC1COP(=O)(O)OP(=O)(O)OP(=O)(O)O. The molecule has 2 aromatic heterocycles. The van der Waals surface area contributed by atoms with Gasteiger partial charge in [0.2, 0.25) is 0 Å². The maximum atomic E-state index is 11.9. The van der Waals surface area contributed by atoms with Gasteiger partial charge in [0.05, 0.1) is 19.0 Å². The summed E-state index contributed by atoms with van der Waals surface area (Å²) in [6, 6.07) is 0. The summed E-state index contributed by atoms with van der Waals surface area (Å²) in [6.45, 7) is -0.650. The highest BCUT2D eigenvalue weighted by atomic mass is 31.3. The van der Waals surface area contributed by atoms with E-state index in [1.165, 1.54) is 19.8 Å². The molecule has 5 unspecified atom stereocenters. The number of aromatic nitrogens is 4. The molecule has 2 aromatic rings. The molecule has 0 aromatic carbocycles. The summed E-state index contributed by atoms with van der Waals surface area (Å²) in [4.78, 5) is 47.9. The Kier molecular flexibility index (Phi) is 6.99. The Morgan fingerprint density at radius 2 is 1.87 bits per heavy atom. The van der Waals surface area contributed by atoms with Gasteiger partial charge in [-0.2, -0.15) is 8.62 Å². The van der Waals surface area contributed by atoms with Gasteiger partial charge in [-0.15, -0.1) is 0 Å². The van der Waals surface area contributed by atoms with Gasteiger partial charge in [0.15, 0.2) is 11.5 Å². The second kappa shape index (κ2) is 8.90. The third kappa shape index (κ3) is 6.14. The topological polar surface area (TPSA) is 248 Å². The smallest absolute Gasteiger partial charge is 0.382 e. The van der Waals surface area contributed by atoms with E-state index in [1.54, 1.807) is 4.57 Å². The first-order chi connectivity index (χ1) is 14.3. The van der Waals surface area contributed by atoms with E-state index < -0.39 is 48.5 Å². The highest BCUT2D eigenvalue weighted by Crippen LogP contribution is 2.66. The molecule has 17 nitrogen and oxygen atoms in total. The van der Waals surface area contributed by atoms with Crippen molar-refractivity contribution in [3.05, 3.63) is 12.7 Å². The molecule has 1 saturated heterocycles. The maximum Gasteiger partial charge on any atom is 0.490 e. The number of nitrogen functional groups attached to an aromatic ring is 1. The van der Waals surface area contributed by atoms with Gasteiger partial charge < -0.3 is 34.8 Å². The maximum absolute atomic E-state index is 11.9. The molecule has 0 saturated carbocycles.